The first-order valence-corrected chi connectivity index (χ1v) is 10.9. The summed E-state index contributed by atoms with van der Waals surface area (Å²) in [4.78, 5) is 4.54. The second-order valence-electron chi connectivity index (χ2n) is 7.25. The summed E-state index contributed by atoms with van der Waals surface area (Å²) in [6.07, 6.45) is 2.31. The second-order valence-corrected chi connectivity index (χ2v) is 9.33. The van der Waals surface area contributed by atoms with Gasteiger partial charge in [0.25, 0.3) is 0 Å². The van der Waals surface area contributed by atoms with E-state index in [1.807, 2.05) is 19.1 Å². The maximum absolute atomic E-state index is 12.3. The highest BCUT2D eigenvalue weighted by Crippen LogP contribution is 2.29. The minimum absolute atomic E-state index is 0.0356. The van der Waals surface area contributed by atoms with E-state index in [1.54, 1.807) is 4.31 Å². The summed E-state index contributed by atoms with van der Waals surface area (Å²) < 4.78 is 31.7. The smallest absolute Gasteiger partial charge is 0.231 e. The molecule has 2 heterocycles. The Morgan fingerprint density at radius 1 is 1.27 bits per heavy atom. The highest BCUT2D eigenvalue weighted by atomic mass is 32.2. The number of benzene rings is 1. The molecule has 0 aliphatic carbocycles. The highest BCUT2D eigenvalue weighted by Gasteiger charge is 2.31. The second kappa shape index (κ2) is 7.88. The summed E-state index contributed by atoms with van der Waals surface area (Å²) in [5, 5.41) is 4.11. The molecule has 6 nitrogen and oxygen atoms in total. The van der Waals surface area contributed by atoms with Crippen molar-refractivity contribution in [2.45, 2.75) is 51.9 Å². The van der Waals surface area contributed by atoms with Crippen molar-refractivity contribution in [2.75, 3.05) is 18.8 Å². The van der Waals surface area contributed by atoms with E-state index in [1.165, 1.54) is 5.56 Å². The lowest BCUT2D eigenvalue weighted by Crippen LogP contribution is -2.40. The van der Waals surface area contributed by atoms with Crippen LogP contribution in [-0.2, 0) is 10.0 Å². The molecular formula is C19H27N3O3S. The van der Waals surface area contributed by atoms with E-state index in [0.29, 0.717) is 37.1 Å². The zero-order valence-electron chi connectivity index (χ0n) is 15.7. The van der Waals surface area contributed by atoms with Crippen molar-refractivity contribution in [3.63, 3.8) is 0 Å². The first kappa shape index (κ1) is 19.0. The molecule has 7 heteroatoms. The summed E-state index contributed by atoms with van der Waals surface area (Å²) in [6.45, 7) is 7.20. The Hall–Kier alpha value is -1.73. The van der Waals surface area contributed by atoms with Crippen LogP contribution in [0.25, 0.3) is 11.4 Å². The first-order valence-electron chi connectivity index (χ1n) is 9.32. The molecule has 142 valence electrons. The Labute approximate surface area is 155 Å². The molecule has 26 heavy (non-hydrogen) atoms. The molecule has 0 radical (unpaired) electrons. The number of hydrogen-bond donors (Lipinski definition) is 0. The minimum Gasteiger partial charge on any atom is -0.339 e. The number of piperidine rings is 1. The number of sulfonamides is 1. The Morgan fingerprint density at radius 3 is 2.65 bits per heavy atom. The quantitative estimate of drug-likeness (QED) is 0.766. The van der Waals surface area contributed by atoms with E-state index in [9.17, 15) is 8.42 Å². The zero-order valence-corrected chi connectivity index (χ0v) is 16.5. The van der Waals surface area contributed by atoms with Crippen molar-refractivity contribution in [3.8, 4) is 11.4 Å². The maximum Gasteiger partial charge on any atom is 0.231 e. The predicted octanol–water partition coefficient (Wildman–Crippen LogP) is 3.78. The molecule has 3 rings (SSSR count). The van der Waals surface area contributed by atoms with Gasteiger partial charge in [-0.15, -0.1) is 0 Å². The zero-order chi connectivity index (χ0) is 18.7. The van der Waals surface area contributed by atoms with E-state index in [-0.39, 0.29) is 11.7 Å². The fourth-order valence-electron chi connectivity index (χ4n) is 3.32. The van der Waals surface area contributed by atoms with E-state index >= 15 is 0 Å². The van der Waals surface area contributed by atoms with Gasteiger partial charge in [0.1, 0.15) is 0 Å². The van der Waals surface area contributed by atoms with Crippen LogP contribution in [-0.4, -0.2) is 41.7 Å². The minimum atomic E-state index is -3.19. The summed E-state index contributed by atoms with van der Waals surface area (Å²) in [5.41, 5.74) is 2.18. The lowest BCUT2D eigenvalue weighted by Gasteiger charge is -2.30. The largest absolute Gasteiger partial charge is 0.339 e. The summed E-state index contributed by atoms with van der Waals surface area (Å²) in [5.74, 6) is 1.72. The number of hydrogen-bond acceptors (Lipinski definition) is 5. The van der Waals surface area contributed by atoms with E-state index in [2.05, 4.69) is 36.1 Å². The molecule has 0 N–H and O–H groups in total. The molecule has 1 aliphatic rings. The van der Waals surface area contributed by atoms with E-state index in [4.69, 9.17) is 4.52 Å². The fourth-order valence-corrected chi connectivity index (χ4v) is 4.91. The predicted molar refractivity (Wildman–Crippen MR) is 101 cm³/mol. The molecule has 0 saturated carbocycles. The molecule has 0 spiro atoms. The van der Waals surface area contributed by atoms with Gasteiger partial charge in [0.2, 0.25) is 21.7 Å². The SMILES string of the molecule is CCCS(=O)(=O)N1CCC[C@@H](c2nc(-c3ccc(C(C)C)cc3)no2)C1. The molecule has 2 aromatic rings. The summed E-state index contributed by atoms with van der Waals surface area (Å²) in [6, 6.07) is 8.16. The van der Waals surface area contributed by atoms with Gasteiger partial charge in [-0.05, 0) is 30.7 Å². The van der Waals surface area contributed by atoms with Crippen LogP contribution in [0.2, 0.25) is 0 Å². The van der Waals surface area contributed by atoms with Gasteiger partial charge in [0.15, 0.2) is 0 Å². The average molecular weight is 378 g/mol. The van der Waals surface area contributed by atoms with Crippen LogP contribution in [0.15, 0.2) is 28.8 Å². The van der Waals surface area contributed by atoms with Crippen LogP contribution < -0.4 is 0 Å². The van der Waals surface area contributed by atoms with Gasteiger partial charge in [0.05, 0.1) is 11.7 Å². The van der Waals surface area contributed by atoms with Gasteiger partial charge in [-0.3, -0.25) is 0 Å². The van der Waals surface area contributed by atoms with Crippen LogP contribution >= 0.6 is 0 Å². The molecule has 0 unspecified atom stereocenters. The van der Waals surface area contributed by atoms with Crippen LogP contribution in [0, 0.1) is 0 Å². The van der Waals surface area contributed by atoms with Crippen LogP contribution in [0.5, 0.6) is 0 Å². The lowest BCUT2D eigenvalue weighted by molar-refractivity contribution is 0.265. The van der Waals surface area contributed by atoms with Crippen LogP contribution in [0.3, 0.4) is 0 Å². The van der Waals surface area contributed by atoms with E-state index < -0.39 is 10.0 Å². The molecule has 1 saturated heterocycles. The van der Waals surface area contributed by atoms with Gasteiger partial charge in [-0.2, -0.15) is 4.98 Å². The third-order valence-electron chi connectivity index (χ3n) is 4.87. The Bertz CT molecular complexity index is 828. The lowest BCUT2D eigenvalue weighted by atomic mass is 9.99. The van der Waals surface area contributed by atoms with Crippen molar-refractivity contribution in [3.05, 3.63) is 35.7 Å². The third-order valence-corrected chi connectivity index (χ3v) is 6.91. The van der Waals surface area contributed by atoms with Crippen LogP contribution in [0.1, 0.15) is 63.3 Å². The molecular weight excluding hydrogens is 350 g/mol. The average Bonchev–Trinajstić information content (AvgIpc) is 3.12. The first-order chi connectivity index (χ1) is 12.4. The van der Waals surface area contributed by atoms with Crippen LogP contribution in [0.4, 0.5) is 0 Å². The molecule has 1 aliphatic heterocycles. The summed E-state index contributed by atoms with van der Waals surface area (Å²) >= 11 is 0. The standard InChI is InChI=1S/C19H27N3O3S/c1-4-12-26(23,24)22-11-5-6-17(13-22)19-20-18(21-25-19)16-9-7-15(8-10-16)14(2)3/h7-10,14,17H,4-6,11-13H2,1-3H3/t17-/m1/s1. The summed E-state index contributed by atoms with van der Waals surface area (Å²) in [7, 11) is -3.19. The van der Waals surface area contributed by atoms with Gasteiger partial charge in [-0.25, -0.2) is 12.7 Å². The van der Waals surface area contributed by atoms with E-state index in [0.717, 1.165) is 18.4 Å². The molecule has 1 aromatic heterocycles. The normalized spacial score (nSPS) is 19.2. The molecule has 1 atom stereocenters. The molecule has 0 amide bonds. The number of rotatable bonds is 6. The van der Waals surface area contributed by atoms with Crippen molar-refractivity contribution in [1.82, 2.24) is 14.4 Å². The Morgan fingerprint density at radius 2 is 2.00 bits per heavy atom. The number of aromatic nitrogens is 2. The van der Waals surface area contributed by atoms with Crippen molar-refractivity contribution >= 4 is 10.0 Å². The Kier molecular flexibility index (Phi) is 5.77. The fraction of sp³-hybridized carbons (Fsp3) is 0.579. The molecule has 1 fully saturated rings. The molecule has 0 bridgehead atoms. The van der Waals surface area contributed by atoms with Gasteiger partial charge >= 0.3 is 0 Å². The van der Waals surface area contributed by atoms with Gasteiger partial charge in [0, 0.05) is 18.7 Å². The van der Waals surface area contributed by atoms with Crippen molar-refractivity contribution in [2.24, 2.45) is 0 Å². The van der Waals surface area contributed by atoms with Crippen molar-refractivity contribution in [1.29, 1.82) is 0 Å². The third kappa shape index (κ3) is 4.15. The van der Waals surface area contributed by atoms with Gasteiger partial charge in [-0.1, -0.05) is 50.2 Å². The van der Waals surface area contributed by atoms with Crippen molar-refractivity contribution < 1.29 is 12.9 Å². The maximum atomic E-state index is 12.3. The monoisotopic (exact) mass is 377 g/mol. The number of nitrogens with zero attached hydrogens (tertiary/aromatic N) is 3. The molecule has 1 aromatic carbocycles. The highest BCUT2D eigenvalue weighted by molar-refractivity contribution is 7.89. The Balaban J connectivity index is 1.75. The van der Waals surface area contributed by atoms with Gasteiger partial charge < -0.3 is 4.52 Å². The topological polar surface area (TPSA) is 76.3 Å².